The number of amides is 1. The first-order valence-electron chi connectivity index (χ1n) is 9.59. The summed E-state index contributed by atoms with van der Waals surface area (Å²) in [6.07, 6.45) is 14.2. The molecule has 135 valence electrons. The van der Waals surface area contributed by atoms with E-state index in [1.807, 2.05) is 0 Å². The fraction of sp³-hybridized carbons (Fsp3) is 0.900. The lowest BCUT2D eigenvalue weighted by Gasteiger charge is -2.42. The molecular formula is C20H38NO2. The Morgan fingerprint density at radius 3 is 2.35 bits per heavy atom. The molecule has 0 heterocycles. The molecular weight excluding hydrogens is 286 g/mol. The summed E-state index contributed by atoms with van der Waals surface area (Å²) >= 11 is 0. The standard InChI is InChI=1S/C20H38NO2/c1-5-6-7-8-9-10-11-15-23-18(22)21-17-20(4)14-12-13-19(2,3)16-20/h12H,5-11,13-17H2,1-4H3,(H,21,22). The molecule has 1 fully saturated rings. The monoisotopic (exact) mass is 324 g/mol. The molecule has 1 aliphatic rings. The number of carbonyl (C=O) groups is 1. The van der Waals surface area contributed by atoms with E-state index in [1.54, 1.807) is 0 Å². The van der Waals surface area contributed by atoms with Gasteiger partial charge in [0, 0.05) is 6.54 Å². The first-order valence-corrected chi connectivity index (χ1v) is 9.59. The molecule has 3 nitrogen and oxygen atoms in total. The summed E-state index contributed by atoms with van der Waals surface area (Å²) in [5.41, 5.74) is 0.510. The van der Waals surface area contributed by atoms with Crippen molar-refractivity contribution in [2.45, 2.75) is 91.9 Å². The van der Waals surface area contributed by atoms with Gasteiger partial charge in [0.25, 0.3) is 0 Å². The highest BCUT2D eigenvalue weighted by Gasteiger charge is 2.36. The van der Waals surface area contributed by atoms with E-state index >= 15 is 0 Å². The molecule has 0 spiro atoms. The summed E-state index contributed by atoms with van der Waals surface area (Å²) in [6, 6.07) is 0. The van der Waals surface area contributed by atoms with Crippen molar-refractivity contribution in [3.8, 4) is 0 Å². The molecule has 0 aliphatic heterocycles. The van der Waals surface area contributed by atoms with Gasteiger partial charge in [-0.2, -0.15) is 0 Å². The number of carbonyl (C=O) groups excluding carboxylic acids is 1. The molecule has 0 aromatic heterocycles. The van der Waals surface area contributed by atoms with Gasteiger partial charge in [0.1, 0.15) is 0 Å². The maximum atomic E-state index is 11.8. The molecule has 1 unspecified atom stereocenters. The maximum absolute atomic E-state index is 11.8. The third-order valence-corrected chi connectivity index (χ3v) is 4.88. The van der Waals surface area contributed by atoms with E-state index < -0.39 is 0 Å². The van der Waals surface area contributed by atoms with Crippen LogP contribution >= 0.6 is 0 Å². The Labute approximate surface area is 143 Å². The van der Waals surface area contributed by atoms with Crippen LogP contribution in [0.25, 0.3) is 0 Å². The highest BCUT2D eigenvalue weighted by atomic mass is 16.5. The van der Waals surface area contributed by atoms with E-state index in [9.17, 15) is 4.79 Å². The van der Waals surface area contributed by atoms with Gasteiger partial charge in [0.15, 0.2) is 0 Å². The molecule has 23 heavy (non-hydrogen) atoms. The first-order chi connectivity index (χ1) is 10.9. The van der Waals surface area contributed by atoms with Crippen LogP contribution in [-0.2, 0) is 4.74 Å². The highest BCUT2D eigenvalue weighted by molar-refractivity contribution is 5.67. The van der Waals surface area contributed by atoms with Crippen molar-refractivity contribution >= 4 is 6.09 Å². The summed E-state index contributed by atoms with van der Waals surface area (Å²) in [5, 5.41) is 2.97. The smallest absolute Gasteiger partial charge is 0.407 e. The van der Waals surface area contributed by atoms with Crippen LogP contribution in [0.5, 0.6) is 0 Å². The Kier molecular flexibility index (Phi) is 9.01. The highest BCUT2D eigenvalue weighted by Crippen LogP contribution is 2.45. The molecule has 0 saturated heterocycles. The summed E-state index contributed by atoms with van der Waals surface area (Å²) in [6.45, 7) is 10.4. The summed E-state index contributed by atoms with van der Waals surface area (Å²) in [4.78, 5) is 11.8. The lowest BCUT2D eigenvalue weighted by molar-refractivity contribution is 0.112. The second-order valence-corrected chi connectivity index (χ2v) is 8.46. The minimum atomic E-state index is -0.249. The van der Waals surface area contributed by atoms with Crippen molar-refractivity contribution < 1.29 is 9.53 Å². The van der Waals surface area contributed by atoms with Gasteiger partial charge in [0.2, 0.25) is 0 Å². The molecule has 0 aromatic carbocycles. The van der Waals surface area contributed by atoms with E-state index in [4.69, 9.17) is 4.74 Å². The average Bonchev–Trinajstić information content (AvgIpc) is 2.47. The zero-order valence-corrected chi connectivity index (χ0v) is 15.9. The molecule has 1 rings (SSSR count). The van der Waals surface area contributed by atoms with E-state index in [-0.39, 0.29) is 11.5 Å². The van der Waals surface area contributed by atoms with Crippen LogP contribution in [0.2, 0.25) is 0 Å². The second-order valence-electron chi connectivity index (χ2n) is 8.46. The van der Waals surface area contributed by atoms with Crippen LogP contribution in [0.4, 0.5) is 4.79 Å². The van der Waals surface area contributed by atoms with Gasteiger partial charge < -0.3 is 10.1 Å². The molecule has 1 amide bonds. The molecule has 0 aromatic rings. The maximum Gasteiger partial charge on any atom is 0.407 e. The van der Waals surface area contributed by atoms with Crippen LogP contribution in [0.3, 0.4) is 0 Å². The Morgan fingerprint density at radius 2 is 1.70 bits per heavy atom. The Morgan fingerprint density at radius 1 is 1.04 bits per heavy atom. The van der Waals surface area contributed by atoms with E-state index in [0.717, 1.165) is 25.7 Å². The number of unbranched alkanes of at least 4 members (excludes halogenated alkanes) is 6. The molecule has 1 N–H and O–H groups in total. The molecule has 1 aliphatic carbocycles. The summed E-state index contributed by atoms with van der Waals surface area (Å²) < 4.78 is 5.30. The third-order valence-electron chi connectivity index (χ3n) is 4.88. The number of hydrogen-bond acceptors (Lipinski definition) is 2. The zero-order chi connectivity index (χ0) is 17.2. The van der Waals surface area contributed by atoms with Crippen LogP contribution in [0, 0.1) is 17.3 Å². The van der Waals surface area contributed by atoms with Gasteiger partial charge in [-0.25, -0.2) is 4.79 Å². The summed E-state index contributed by atoms with van der Waals surface area (Å²) in [5.74, 6) is 0. The fourth-order valence-corrected chi connectivity index (χ4v) is 3.81. The molecule has 1 atom stereocenters. The quantitative estimate of drug-likeness (QED) is 0.509. The lowest BCUT2D eigenvalue weighted by atomic mass is 9.64. The number of nitrogens with one attached hydrogen (secondary N) is 1. The minimum Gasteiger partial charge on any atom is -0.450 e. The Hall–Kier alpha value is -0.730. The van der Waals surface area contributed by atoms with Crippen LogP contribution < -0.4 is 5.32 Å². The third kappa shape index (κ3) is 9.22. The number of ether oxygens (including phenoxy) is 1. The number of rotatable bonds is 10. The van der Waals surface area contributed by atoms with E-state index in [2.05, 4.69) is 39.4 Å². The van der Waals surface area contributed by atoms with Gasteiger partial charge >= 0.3 is 6.09 Å². The lowest BCUT2D eigenvalue weighted by Crippen LogP contribution is -2.41. The van der Waals surface area contributed by atoms with E-state index in [0.29, 0.717) is 18.6 Å². The van der Waals surface area contributed by atoms with Crippen molar-refractivity contribution in [2.24, 2.45) is 10.8 Å². The number of alkyl carbamates (subject to hydrolysis) is 1. The Bertz CT molecular complexity index is 341. The van der Waals surface area contributed by atoms with Crippen molar-refractivity contribution in [3.63, 3.8) is 0 Å². The predicted octanol–water partition coefficient (Wildman–Crippen LogP) is 5.88. The first kappa shape index (κ1) is 20.3. The van der Waals surface area contributed by atoms with Crippen LogP contribution in [-0.4, -0.2) is 19.2 Å². The van der Waals surface area contributed by atoms with Gasteiger partial charge in [0.05, 0.1) is 6.61 Å². The Balaban J connectivity index is 2.06. The van der Waals surface area contributed by atoms with E-state index in [1.165, 1.54) is 38.5 Å². The largest absolute Gasteiger partial charge is 0.450 e. The van der Waals surface area contributed by atoms with Crippen molar-refractivity contribution in [1.29, 1.82) is 0 Å². The molecule has 3 heteroatoms. The van der Waals surface area contributed by atoms with Gasteiger partial charge in [-0.3, -0.25) is 0 Å². The summed E-state index contributed by atoms with van der Waals surface area (Å²) in [7, 11) is 0. The minimum absolute atomic E-state index is 0.167. The average molecular weight is 325 g/mol. The van der Waals surface area contributed by atoms with Gasteiger partial charge in [-0.05, 0) is 42.9 Å². The molecule has 1 saturated carbocycles. The van der Waals surface area contributed by atoms with Crippen molar-refractivity contribution in [2.75, 3.05) is 13.2 Å². The molecule has 0 bridgehead atoms. The van der Waals surface area contributed by atoms with Gasteiger partial charge in [-0.1, -0.05) is 66.2 Å². The zero-order valence-electron chi connectivity index (χ0n) is 15.9. The normalized spacial score (nSPS) is 23.5. The SMILES string of the molecule is CCCCCCCCCOC(=O)NCC1(C)C[CH]CC(C)(C)C1. The van der Waals surface area contributed by atoms with Crippen molar-refractivity contribution in [1.82, 2.24) is 5.32 Å². The second kappa shape index (κ2) is 10.2. The van der Waals surface area contributed by atoms with Crippen LogP contribution in [0.1, 0.15) is 91.9 Å². The predicted molar refractivity (Wildman–Crippen MR) is 97.4 cm³/mol. The van der Waals surface area contributed by atoms with Gasteiger partial charge in [-0.15, -0.1) is 0 Å². The van der Waals surface area contributed by atoms with Crippen molar-refractivity contribution in [3.05, 3.63) is 6.42 Å². The van der Waals surface area contributed by atoms with Crippen LogP contribution in [0.15, 0.2) is 0 Å². The number of hydrogen-bond donors (Lipinski definition) is 1. The fourth-order valence-electron chi connectivity index (χ4n) is 3.81. The molecule has 1 radical (unpaired) electrons. The topological polar surface area (TPSA) is 38.3 Å².